The zero-order valence-corrected chi connectivity index (χ0v) is 29.2. The van der Waals surface area contributed by atoms with Gasteiger partial charge in [0.25, 0.3) is 0 Å². The van der Waals surface area contributed by atoms with Gasteiger partial charge in [-0.25, -0.2) is 0 Å². The van der Waals surface area contributed by atoms with E-state index < -0.39 is 0 Å². The molecule has 1 aromatic heterocycles. The molecule has 0 aliphatic heterocycles. The average molecular weight is 680 g/mol. The highest BCUT2D eigenvalue weighted by Crippen LogP contribution is 2.43. The molecule has 10 rings (SSSR count). The number of benzene rings is 9. The summed E-state index contributed by atoms with van der Waals surface area (Å²) >= 11 is 1.86. The maximum atomic E-state index is 2.39. The van der Waals surface area contributed by atoms with Crippen LogP contribution >= 0.6 is 11.3 Å². The summed E-state index contributed by atoms with van der Waals surface area (Å²) in [6.45, 7) is 0. The zero-order chi connectivity index (χ0) is 34.4. The Hall–Kier alpha value is -6.48. The maximum Gasteiger partial charge on any atom is 0.0540 e. The molecule has 0 bridgehead atoms. The topological polar surface area (TPSA) is 3.24 Å². The molecule has 52 heavy (non-hydrogen) atoms. The lowest BCUT2D eigenvalue weighted by molar-refractivity contribution is 1.28. The molecule has 1 heterocycles. The van der Waals surface area contributed by atoms with Crippen LogP contribution in [0.5, 0.6) is 0 Å². The van der Waals surface area contributed by atoms with Crippen LogP contribution < -0.4 is 4.90 Å². The van der Waals surface area contributed by atoms with Crippen LogP contribution in [0.25, 0.3) is 75.1 Å². The van der Waals surface area contributed by atoms with Crippen molar-refractivity contribution < 1.29 is 0 Å². The van der Waals surface area contributed by atoms with E-state index in [0.717, 1.165) is 17.1 Å². The molecule has 1 nitrogen and oxygen atoms in total. The highest BCUT2D eigenvalue weighted by atomic mass is 32.1. The Balaban J connectivity index is 1.08. The van der Waals surface area contributed by atoms with Gasteiger partial charge in [0.15, 0.2) is 0 Å². The Morgan fingerprint density at radius 1 is 0.308 bits per heavy atom. The summed E-state index contributed by atoms with van der Waals surface area (Å²) < 4.78 is 2.66. The Labute approximate surface area is 307 Å². The van der Waals surface area contributed by atoms with Crippen LogP contribution in [0.1, 0.15) is 0 Å². The molecule has 10 aromatic rings. The van der Waals surface area contributed by atoms with E-state index in [1.54, 1.807) is 0 Å². The standard InChI is InChI=1S/C50H33NS/c1-2-11-35(12-3-1)43-15-6-8-19-48(43)51(39-27-21-34(22-28-39)38-26-32-50-47(33-38)46-16-7-9-20-49(46)52-50)40-29-23-37(24-30-40)42-17-10-18-44-41-14-5-4-13-36(41)25-31-45(42)44/h1-33H. The molecule has 2 heteroatoms. The predicted molar refractivity (Wildman–Crippen MR) is 225 cm³/mol. The SMILES string of the molecule is c1ccc(-c2ccccc2N(c2ccc(-c3ccc4sc5ccccc5c4c3)cc2)c2ccc(-c3cccc4c3ccc3ccccc34)cc2)cc1. The summed E-state index contributed by atoms with van der Waals surface area (Å²) in [6.07, 6.45) is 0. The van der Waals surface area contributed by atoms with Crippen LogP contribution in [0.4, 0.5) is 17.1 Å². The largest absolute Gasteiger partial charge is 0.310 e. The summed E-state index contributed by atoms with van der Waals surface area (Å²) in [5.74, 6) is 0. The maximum absolute atomic E-state index is 2.39. The molecule has 0 fully saturated rings. The molecule has 244 valence electrons. The molecule has 0 atom stereocenters. The highest BCUT2D eigenvalue weighted by Gasteiger charge is 2.18. The van der Waals surface area contributed by atoms with Crippen LogP contribution in [-0.4, -0.2) is 0 Å². The van der Waals surface area contributed by atoms with Gasteiger partial charge in [0.1, 0.15) is 0 Å². The van der Waals surface area contributed by atoms with Gasteiger partial charge in [-0.15, -0.1) is 11.3 Å². The van der Waals surface area contributed by atoms with Crippen LogP contribution in [0.15, 0.2) is 200 Å². The van der Waals surface area contributed by atoms with Gasteiger partial charge >= 0.3 is 0 Å². The first-order valence-electron chi connectivity index (χ1n) is 17.8. The van der Waals surface area contributed by atoms with Crippen molar-refractivity contribution in [3.63, 3.8) is 0 Å². The number of fused-ring (bicyclic) bond motifs is 6. The summed E-state index contributed by atoms with van der Waals surface area (Å²) in [4.78, 5) is 2.39. The second-order valence-electron chi connectivity index (χ2n) is 13.3. The van der Waals surface area contributed by atoms with Crippen LogP contribution in [0.3, 0.4) is 0 Å². The Morgan fingerprint density at radius 2 is 0.904 bits per heavy atom. The first-order chi connectivity index (χ1) is 25.8. The minimum Gasteiger partial charge on any atom is -0.310 e. The number of anilines is 3. The third kappa shape index (κ3) is 5.24. The minimum atomic E-state index is 1.11. The van der Waals surface area contributed by atoms with E-state index in [2.05, 4.69) is 205 Å². The second-order valence-corrected chi connectivity index (χ2v) is 14.4. The van der Waals surface area contributed by atoms with Crippen LogP contribution in [0, 0.1) is 0 Å². The lowest BCUT2D eigenvalue weighted by atomic mass is 9.94. The molecular formula is C50H33NS. The van der Waals surface area contributed by atoms with Gasteiger partial charge in [0, 0.05) is 37.1 Å². The van der Waals surface area contributed by atoms with E-state index in [-0.39, 0.29) is 0 Å². The van der Waals surface area contributed by atoms with E-state index in [4.69, 9.17) is 0 Å². The van der Waals surface area contributed by atoms with Gasteiger partial charge in [0.05, 0.1) is 5.69 Å². The summed E-state index contributed by atoms with van der Waals surface area (Å²) in [6, 6.07) is 72.9. The van der Waals surface area contributed by atoms with Gasteiger partial charge in [-0.3, -0.25) is 0 Å². The van der Waals surface area contributed by atoms with E-state index in [1.807, 2.05) is 11.3 Å². The Kier molecular flexibility index (Phi) is 7.41. The van der Waals surface area contributed by atoms with Gasteiger partial charge < -0.3 is 4.90 Å². The zero-order valence-electron chi connectivity index (χ0n) is 28.4. The molecular weight excluding hydrogens is 647 g/mol. The van der Waals surface area contributed by atoms with Crippen molar-refractivity contribution in [2.45, 2.75) is 0 Å². The first kappa shape index (κ1) is 30.4. The van der Waals surface area contributed by atoms with Gasteiger partial charge in [-0.05, 0) is 97.9 Å². The monoisotopic (exact) mass is 679 g/mol. The quantitative estimate of drug-likeness (QED) is 0.158. The Bertz CT molecular complexity index is 2890. The van der Waals surface area contributed by atoms with Crippen molar-refractivity contribution in [2.24, 2.45) is 0 Å². The first-order valence-corrected chi connectivity index (χ1v) is 18.6. The fourth-order valence-electron chi connectivity index (χ4n) is 7.75. The number of para-hydroxylation sites is 1. The molecule has 0 spiro atoms. The van der Waals surface area contributed by atoms with Gasteiger partial charge in [-0.1, -0.05) is 152 Å². The lowest BCUT2D eigenvalue weighted by Gasteiger charge is -2.28. The van der Waals surface area contributed by atoms with E-state index in [0.29, 0.717) is 0 Å². The second kappa shape index (κ2) is 12.7. The molecule has 0 saturated carbocycles. The van der Waals surface area contributed by atoms with Gasteiger partial charge in [0.2, 0.25) is 0 Å². The van der Waals surface area contributed by atoms with Gasteiger partial charge in [-0.2, -0.15) is 0 Å². The summed E-state index contributed by atoms with van der Waals surface area (Å²) in [5, 5.41) is 7.75. The van der Waals surface area contributed by atoms with E-state index in [9.17, 15) is 0 Å². The van der Waals surface area contributed by atoms with Crippen molar-refractivity contribution in [1.29, 1.82) is 0 Å². The average Bonchev–Trinajstić information content (AvgIpc) is 3.60. The Morgan fingerprint density at radius 3 is 1.73 bits per heavy atom. The molecule has 0 unspecified atom stereocenters. The predicted octanol–water partition coefficient (Wildman–Crippen LogP) is 14.8. The molecule has 0 radical (unpaired) electrons. The number of rotatable bonds is 6. The third-order valence-electron chi connectivity index (χ3n) is 10.3. The lowest BCUT2D eigenvalue weighted by Crippen LogP contribution is -2.11. The fourth-order valence-corrected chi connectivity index (χ4v) is 8.83. The normalized spacial score (nSPS) is 11.5. The number of thiophene rings is 1. The molecule has 0 N–H and O–H groups in total. The summed E-state index contributed by atoms with van der Waals surface area (Å²) in [5.41, 5.74) is 10.6. The minimum absolute atomic E-state index is 1.11. The van der Waals surface area contributed by atoms with Crippen molar-refractivity contribution in [1.82, 2.24) is 0 Å². The molecule has 0 saturated heterocycles. The van der Waals surface area contributed by atoms with Crippen molar-refractivity contribution >= 4 is 70.1 Å². The number of nitrogens with zero attached hydrogens (tertiary/aromatic N) is 1. The van der Waals surface area contributed by atoms with Crippen molar-refractivity contribution in [2.75, 3.05) is 4.90 Å². The smallest absolute Gasteiger partial charge is 0.0540 e. The van der Waals surface area contributed by atoms with Crippen LogP contribution in [0.2, 0.25) is 0 Å². The number of hydrogen-bond acceptors (Lipinski definition) is 2. The fraction of sp³-hybridized carbons (Fsp3) is 0. The number of hydrogen-bond donors (Lipinski definition) is 0. The van der Waals surface area contributed by atoms with E-state index in [1.165, 1.54) is 75.1 Å². The third-order valence-corrected chi connectivity index (χ3v) is 11.4. The highest BCUT2D eigenvalue weighted by molar-refractivity contribution is 7.25. The molecule has 0 aliphatic rings. The van der Waals surface area contributed by atoms with E-state index >= 15 is 0 Å². The molecule has 0 amide bonds. The van der Waals surface area contributed by atoms with Crippen LogP contribution in [-0.2, 0) is 0 Å². The van der Waals surface area contributed by atoms with Crippen molar-refractivity contribution in [3.05, 3.63) is 200 Å². The molecule has 9 aromatic carbocycles. The summed E-state index contributed by atoms with van der Waals surface area (Å²) in [7, 11) is 0. The molecule has 0 aliphatic carbocycles. The van der Waals surface area contributed by atoms with Crippen molar-refractivity contribution in [3.8, 4) is 33.4 Å².